The Kier molecular flexibility index (Phi) is 5.58. The van der Waals surface area contributed by atoms with E-state index in [2.05, 4.69) is 55.7 Å². The molecule has 0 aliphatic carbocycles. The van der Waals surface area contributed by atoms with E-state index in [-0.39, 0.29) is 0 Å². The van der Waals surface area contributed by atoms with Crippen LogP contribution in [-0.2, 0) is 13.1 Å². The average Bonchev–Trinajstić information content (AvgIpc) is 2.75. The van der Waals surface area contributed by atoms with Gasteiger partial charge in [0.1, 0.15) is 5.76 Å². The molecule has 0 spiro atoms. The van der Waals surface area contributed by atoms with E-state index in [1.165, 1.54) is 11.3 Å². The standard InChI is InChI=1S/C16H28N2OS/c1-13(2)8-17-9-14-7-15(19-11-14)10-18-5-6-20-16(3,4)12-18/h7,11,13,17H,5-6,8-10,12H2,1-4H3. The lowest BCUT2D eigenvalue weighted by atomic mass is 10.2. The summed E-state index contributed by atoms with van der Waals surface area (Å²) in [5.74, 6) is 3.00. The third-order valence-corrected chi connectivity index (χ3v) is 4.77. The predicted molar refractivity (Wildman–Crippen MR) is 87.1 cm³/mol. The second kappa shape index (κ2) is 7.01. The molecule has 2 heterocycles. The molecule has 1 fully saturated rings. The van der Waals surface area contributed by atoms with Crippen molar-refractivity contribution in [3.05, 3.63) is 23.7 Å². The monoisotopic (exact) mass is 296 g/mol. The molecule has 1 aliphatic rings. The van der Waals surface area contributed by atoms with E-state index in [0.717, 1.165) is 38.5 Å². The number of hydrogen-bond acceptors (Lipinski definition) is 4. The van der Waals surface area contributed by atoms with Gasteiger partial charge in [-0.15, -0.1) is 0 Å². The highest BCUT2D eigenvalue weighted by atomic mass is 32.2. The molecule has 1 saturated heterocycles. The van der Waals surface area contributed by atoms with E-state index < -0.39 is 0 Å². The summed E-state index contributed by atoms with van der Waals surface area (Å²) in [5.41, 5.74) is 1.26. The molecule has 0 amide bonds. The van der Waals surface area contributed by atoms with Gasteiger partial charge < -0.3 is 9.73 Å². The van der Waals surface area contributed by atoms with Gasteiger partial charge in [0.2, 0.25) is 0 Å². The molecular formula is C16H28N2OS. The quantitative estimate of drug-likeness (QED) is 0.871. The first-order valence-electron chi connectivity index (χ1n) is 7.58. The van der Waals surface area contributed by atoms with Crippen molar-refractivity contribution in [3.63, 3.8) is 0 Å². The van der Waals surface area contributed by atoms with Crippen LogP contribution < -0.4 is 5.32 Å². The van der Waals surface area contributed by atoms with Gasteiger partial charge in [-0.2, -0.15) is 11.8 Å². The first-order chi connectivity index (χ1) is 9.44. The summed E-state index contributed by atoms with van der Waals surface area (Å²) >= 11 is 2.07. The molecule has 0 atom stereocenters. The topological polar surface area (TPSA) is 28.4 Å². The van der Waals surface area contributed by atoms with Gasteiger partial charge in [-0.1, -0.05) is 13.8 Å². The second-order valence-corrected chi connectivity index (χ2v) is 8.57. The Bertz CT molecular complexity index is 414. The summed E-state index contributed by atoms with van der Waals surface area (Å²) in [4.78, 5) is 2.50. The van der Waals surface area contributed by atoms with Crippen LogP contribution in [-0.4, -0.2) is 35.0 Å². The van der Waals surface area contributed by atoms with Crippen molar-refractivity contribution in [2.24, 2.45) is 5.92 Å². The van der Waals surface area contributed by atoms with E-state index in [9.17, 15) is 0 Å². The number of thioether (sulfide) groups is 1. The van der Waals surface area contributed by atoms with Crippen LogP contribution in [0.2, 0.25) is 0 Å². The van der Waals surface area contributed by atoms with Crippen molar-refractivity contribution in [2.45, 2.75) is 45.5 Å². The maximum Gasteiger partial charge on any atom is 0.118 e. The Balaban J connectivity index is 1.80. The van der Waals surface area contributed by atoms with Crippen molar-refractivity contribution in [3.8, 4) is 0 Å². The molecular weight excluding hydrogens is 268 g/mol. The van der Waals surface area contributed by atoms with Gasteiger partial charge in [0, 0.05) is 35.7 Å². The molecule has 20 heavy (non-hydrogen) atoms. The molecule has 0 saturated carbocycles. The zero-order valence-corrected chi connectivity index (χ0v) is 14.1. The van der Waals surface area contributed by atoms with Crippen molar-refractivity contribution < 1.29 is 4.42 Å². The lowest BCUT2D eigenvalue weighted by molar-refractivity contribution is 0.233. The number of furan rings is 1. The van der Waals surface area contributed by atoms with Crippen LogP contribution in [0.15, 0.2) is 16.7 Å². The molecule has 0 aromatic carbocycles. The summed E-state index contributed by atoms with van der Waals surface area (Å²) in [6, 6.07) is 2.20. The third-order valence-electron chi connectivity index (χ3n) is 3.47. The first-order valence-corrected chi connectivity index (χ1v) is 8.56. The molecule has 0 unspecified atom stereocenters. The molecule has 1 N–H and O–H groups in total. The lowest BCUT2D eigenvalue weighted by Gasteiger charge is -2.37. The zero-order valence-electron chi connectivity index (χ0n) is 13.2. The van der Waals surface area contributed by atoms with Crippen molar-refractivity contribution in [1.82, 2.24) is 10.2 Å². The van der Waals surface area contributed by atoms with E-state index in [4.69, 9.17) is 4.42 Å². The Morgan fingerprint density at radius 3 is 2.95 bits per heavy atom. The fourth-order valence-electron chi connectivity index (χ4n) is 2.58. The van der Waals surface area contributed by atoms with Crippen LogP contribution in [0.1, 0.15) is 39.0 Å². The summed E-state index contributed by atoms with van der Waals surface area (Å²) in [7, 11) is 0. The van der Waals surface area contributed by atoms with E-state index in [1.807, 2.05) is 6.26 Å². The van der Waals surface area contributed by atoms with Crippen LogP contribution in [0.4, 0.5) is 0 Å². The average molecular weight is 296 g/mol. The smallest absolute Gasteiger partial charge is 0.118 e. The largest absolute Gasteiger partial charge is 0.468 e. The Morgan fingerprint density at radius 2 is 2.25 bits per heavy atom. The fourth-order valence-corrected chi connectivity index (χ4v) is 3.75. The van der Waals surface area contributed by atoms with Crippen LogP contribution in [0.25, 0.3) is 0 Å². The maximum atomic E-state index is 5.70. The lowest BCUT2D eigenvalue weighted by Crippen LogP contribution is -2.42. The van der Waals surface area contributed by atoms with Gasteiger partial charge in [0.25, 0.3) is 0 Å². The van der Waals surface area contributed by atoms with Crippen molar-refractivity contribution >= 4 is 11.8 Å². The van der Waals surface area contributed by atoms with Crippen molar-refractivity contribution in [2.75, 3.05) is 25.4 Å². The minimum absolute atomic E-state index is 0.368. The first kappa shape index (κ1) is 15.9. The molecule has 3 nitrogen and oxygen atoms in total. The molecule has 2 rings (SSSR count). The highest BCUT2D eigenvalue weighted by molar-refractivity contribution is 8.00. The predicted octanol–water partition coefficient (Wildman–Crippen LogP) is 3.35. The number of nitrogens with one attached hydrogen (secondary N) is 1. The second-order valence-electron chi connectivity index (χ2n) is 6.76. The molecule has 0 bridgehead atoms. The van der Waals surface area contributed by atoms with Crippen molar-refractivity contribution in [1.29, 1.82) is 0 Å². The van der Waals surface area contributed by atoms with Gasteiger partial charge in [-0.3, -0.25) is 4.90 Å². The Labute approximate surface area is 127 Å². The number of nitrogens with zero attached hydrogens (tertiary/aromatic N) is 1. The minimum atomic E-state index is 0.368. The highest BCUT2D eigenvalue weighted by Crippen LogP contribution is 2.30. The highest BCUT2D eigenvalue weighted by Gasteiger charge is 2.27. The van der Waals surface area contributed by atoms with Crippen LogP contribution in [0.5, 0.6) is 0 Å². The van der Waals surface area contributed by atoms with Gasteiger partial charge in [-0.25, -0.2) is 0 Å². The summed E-state index contributed by atoms with van der Waals surface area (Å²) in [6.45, 7) is 14.3. The van der Waals surface area contributed by atoms with E-state index in [0.29, 0.717) is 10.7 Å². The van der Waals surface area contributed by atoms with Gasteiger partial charge in [0.15, 0.2) is 0 Å². The maximum absolute atomic E-state index is 5.70. The number of hydrogen-bond donors (Lipinski definition) is 1. The fraction of sp³-hybridized carbons (Fsp3) is 0.750. The molecule has 0 radical (unpaired) electrons. The molecule has 1 aromatic heterocycles. The minimum Gasteiger partial charge on any atom is -0.468 e. The van der Waals surface area contributed by atoms with Crippen LogP contribution >= 0.6 is 11.8 Å². The summed E-state index contributed by atoms with van der Waals surface area (Å²) in [6.07, 6.45) is 1.90. The SMILES string of the molecule is CC(C)CNCc1coc(CN2CCSC(C)(C)C2)c1. The normalized spacial score (nSPS) is 19.6. The molecule has 1 aliphatic heterocycles. The Hall–Kier alpha value is -0.450. The third kappa shape index (κ3) is 5.15. The summed E-state index contributed by atoms with van der Waals surface area (Å²) in [5, 5.41) is 3.45. The van der Waals surface area contributed by atoms with E-state index in [1.54, 1.807) is 0 Å². The molecule has 4 heteroatoms. The van der Waals surface area contributed by atoms with Gasteiger partial charge >= 0.3 is 0 Å². The van der Waals surface area contributed by atoms with Gasteiger partial charge in [-0.05, 0) is 32.4 Å². The van der Waals surface area contributed by atoms with Crippen LogP contribution in [0.3, 0.4) is 0 Å². The Morgan fingerprint density at radius 1 is 1.45 bits per heavy atom. The summed E-state index contributed by atoms with van der Waals surface area (Å²) < 4.78 is 6.07. The molecule has 114 valence electrons. The zero-order chi connectivity index (χ0) is 14.6. The van der Waals surface area contributed by atoms with Crippen LogP contribution in [0, 0.1) is 5.92 Å². The number of rotatable bonds is 6. The molecule has 1 aromatic rings. The van der Waals surface area contributed by atoms with Gasteiger partial charge in [0.05, 0.1) is 12.8 Å². The van der Waals surface area contributed by atoms with E-state index >= 15 is 0 Å².